The van der Waals surface area contributed by atoms with Crippen molar-refractivity contribution < 1.29 is 5.11 Å². The zero-order chi connectivity index (χ0) is 14.9. The summed E-state index contributed by atoms with van der Waals surface area (Å²) in [5.74, 6) is 0.782. The van der Waals surface area contributed by atoms with Gasteiger partial charge in [-0.1, -0.05) is 30.3 Å². The lowest BCUT2D eigenvalue weighted by molar-refractivity contribution is 0.132. The second-order valence-electron chi connectivity index (χ2n) is 6.83. The number of nitrogens with zero attached hydrogens (tertiary/aromatic N) is 1. The minimum Gasteiger partial charge on any atom is -0.380 e. The van der Waals surface area contributed by atoms with Crippen LogP contribution in [0.25, 0.3) is 0 Å². The van der Waals surface area contributed by atoms with Crippen molar-refractivity contribution >= 4 is 22.6 Å². The maximum atomic E-state index is 9.99. The van der Waals surface area contributed by atoms with Crippen LogP contribution in [-0.4, -0.2) is 38.8 Å². The molecule has 0 aliphatic carbocycles. The molecular weight excluding hydrogens is 375 g/mol. The second-order valence-corrected chi connectivity index (χ2v) is 9.16. The van der Waals surface area contributed by atoms with Gasteiger partial charge in [-0.25, -0.2) is 0 Å². The van der Waals surface area contributed by atoms with E-state index in [1.165, 1.54) is 24.9 Å². The van der Waals surface area contributed by atoms with Crippen LogP contribution in [0.2, 0.25) is 0 Å². The highest BCUT2D eigenvalue weighted by atomic mass is 127. The van der Waals surface area contributed by atoms with Crippen molar-refractivity contribution in [1.82, 2.24) is 10.2 Å². The monoisotopic (exact) mass is 400 g/mol. The molecule has 0 aromatic heterocycles. The van der Waals surface area contributed by atoms with E-state index < -0.39 is 3.61 Å². The molecule has 0 amide bonds. The van der Waals surface area contributed by atoms with E-state index in [2.05, 4.69) is 63.1 Å². The van der Waals surface area contributed by atoms with Gasteiger partial charge in [0.05, 0.1) is 0 Å². The third kappa shape index (κ3) is 4.41. The molecule has 3 nitrogen and oxygen atoms in total. The molecule has 2 aliphatic heterocycles. The molecule has 3 unspecified atom stereocenters. The fraction of sp³-hybridized carbons (Fsp3) is 0.647. The number of halogens is 1. The van der Waals surface area contributed by atoms with Gasteiger partial charge < -0.3 is 10.4 Å². The van der Waals surface area contributed by atoms with Crippen molar-refractivity contribution in [2.24, 2.45) is 5.92 Å². The van der Waals surface area contributed by atoms with Crippen molar-refractivity contribution in [2.75, 3.05) is 13.1 Å². The van der Waals surface area contributed by atoms with Gasteiger partial charge in [-0.3, -0.25) is 4.90 Å². The third-order valence-corrected chi connectivity index (χ3v) is 5.16. The minimum absolute atomic E-state index is 0.467. The van der Waals surface area contributed by atoms with Crippen LogP contribution in [0.5, 0.6) is 0 Å². The van der Waals surface area contributed by atoms with Crippen LogP contribution >= 0.6 is 22.6 Å². The van der Waals surface area contributed by atoms with E-state index in [9.17, 15) is 5.11 Å². The lowest BCUT2D eigenvalue weighted by Crippen LogP contribution is -2.49. The number of piperidine rings is 1. The molecule has 2 heterocycles. The molecule has 21 heavy (non-hydrogen) atoms. The SMILES string of the molecule is CC(O)(I)CC1CC[C@@H]2CN(Cc3ccccc3)CC2N1. The number of aliphatic hydroxyl groups is 1. The quantitative estimate of drug-likeness (QED) is 0.603. The third-order valence-electron chi connectivity index (χ3n) is 4.72. The standard InChI is InChI=1S/C17H25IN2O/c1-17(18,21)9-15-8-7-14-11-20(12-16(14)19-15)10-13-5-3-2-4-6-13/h2-6,14-16,19,21H,7-12H2,1H3/t14-,15?,16?,17?/m1/s1. The summed E-state index contributed by atoms with van der Waals surface area (Å²) in [4.78, 5) is 2.57. The Kier molecular flexibility index (Phi) is 4.88. The van der Waals surface area contributed by atoms with E-state index in [0.29, 0.717) is 12.1 Å². The Bertz CT molecular complexity index is 460. The van der Waals surface area contributed by atoms with Gasteiger partial charge in [0.15, 0.2) is 0 Å². The van der Waals surface area contributed by atoms with Crippen LogP contribution in [0.3, 0.4) is 0 Å². The molecule has 1 aromatic carbocycles. The molecule has 2 saturated heterocycles. The van der Waals surface area contributed by atoms with Crippen LogP contribution in [0.15, 0.2) is 30.3 Å². The summed E-state index contributed by atoms with van der Waals surface area (Å²) in [6.07, 6.45) is 3.33. The fourth-order valence-corrected chi connectivity index (χ4v) is 4.36. The van der Waals surface area contributed by atoms with Crippen LogP contribution in [0, 0.1) is 5.92 Å². The van der Waals surface area contributed by atoms with Crippen molar-refractivity contribution in [2.45, 2.75) is 48.4 Å². The maximum absolute atomic E-state index is 9.99. The second kappa shape index (κ2) is 6.52. The highest BCUT2D eigenvalue weighted by Crippen LogP contribution is 2.32. The molecule has 0 radical (unpaired) electrons. The number of likely N-dealkylation sites (tertiary alicyclic amines) is 1. The van der Waals surface area contributed by atoms with Crippen molar-refractivity contribution in [3.8, 4) is 0 Å². The van der Waals surface area contributed by atoms with Crippen LogP contribution in [0.4, 0.5) is 0 Å². The van der Waals surface area contributed by atoms with Crippen LogP contribution in [-0.2, 0) is 6.54 Å². The van der Waals surface area contributed by atoms with E-state index in [4.69, 9.17) is 0 Å². The van der Waals surface area contributed by atoms with Gasteiger partial charge in [-0.15, -0.1) is 0 Å². The Labute approximate surface area is 141 Å². The molecule has 3 rings (SSSR count). The maximum Gasteiger partial charge on any atom is 0.114 e. The summed E-state index contributed by atoms with van der Waals surface area (Å²) in [6, 6.07) is 11.8. The molecule has 0 saturated carbocycles. The number of alkyl halides is 1. The fourth-order valence-electron chi connectivity index (χ4n) is 3.82. The highest BCUT2D eigenvalue weighted by molar-refractivity contribution is 14.1. The first-order valence-corrected chi connectivity index (χ1v) is 9.01. The topological polar surface area (TPSA) is 35.5 Å². The first-order valence-electron chi connectivity index (χ1n) is 7.93. The van der Waals surface area contributed by atoms with Gasteiger partial charge in [0.2, 0.25) is 0 Å². The van der Waals surface area contributed by atoms with E-state index in [1.807, 2.05) is 6.92 Å². The number of hydrogen-bond acceptors (Lipinski definition) is 3. The zero-order valence-electron chi connectivity index (χ0n) is 12.6. The summed E-state index contributed by atoms with van der Waals surface area (Å²) < 4.78 is -0.593. The van der Waals surface area contributed by atoms with Gasteiger partial charge >= 0.3 is 0 Å². The molecule has 0 bridgehead atoms. The normalized spacial score (nSPS) is 32.6. The number of nitrogens with one attached hydrogen (secondary N) is 1. The van der Waals surface area contributed by atoms with Crippen LogP contribution < -0.4 is 5.32 Å². The van der Waals surface area contributed by atoms with Gasteiger partial charge in [0.1, 0.15) is 3.61 Å². The zero-order valence-corrected chi connectivity index (χ0v) is 14.8. The molecule has 2 aliphatic rings. The molecule has 1 aromatic rings. The first kappa shape index (κ1) is 15.7. The Hall–Kier alpha value is -0.170. The lowest BCUT2D eigenvalue weighted by atomic mass is 9.88. The van der Waals surface area contributed by atoms with Gasteiger partial charge in [-0.2, -0.15) is 0 Å². The van der Waals surface area contributed by atoms with E-state index >= 15 is 0 Å². The summed E-state index contributed by atoms with van der Waals surface area (Å²) in [7, 11) is 0. The molecule has 2 N–H and O–H groups in total. The Morgan fingerprint density at radius 1 is 1.29 bits per heavy atom. The molecule has 116 valence electrons. The number of rotatable bonds is 4. The summed E-state index contributed by atoms with van der Waals surface area (Å²) in [5, 5.41) is 13.8. The predicted molar refractivity (Wildman–Crippen MR) is 94.4 cm³/mol. The highest BCUT2D eigenvalue weighted by Gasteiger charge is 2.38. The van der Waals surface area contributed by atoms with Crippen molar-refractivity contribution in [1.29, 1.82) is 0 Å². The predicted octanol–water partition coefficient (Wildman–Crippen LogP) is 2.77. The molecule has 2 fully saturated rings. The lowest BCUT2D eigenvalue weighted by Gasteiger charge is -2.35. The van der Waals surface area contributed by atoms with Crippen molar-refractivity contribution in [3.63, 3.8) is 0 Å². The molecule has 0 spiro atoms. The van der Waals surface area contributed by atoms with Gasteiger partial charge in [0, 0.05) is 38.1 Å². The van der Waals surface area contributed by atoms with E-state index in [-0.39, 0.29) is 0 Å². The van der Waals surface area contributed by atoms with E-state index in [0.717, 1.165) is 25.4 Å². The minimum atomic E-state index is -0.593. The molecule has 4 heteroatoms. The van der Waals surface area contributed by atoms with Crippen LogP contribution in [0.1, 0.15) is 31.7 Å². The molecular formula is C17H25IN2O. The smallest absolute Gasteiger partial charge is 0.114 e. The van der Waals surface area contributed by atoms with E-state index in [1.54, 1.807) is 0 Å². The summed E-state index contributed by atoms with van der Waals surface area (Å²) >= 11 is 2.14. The van der Waals surface area contributed by atoms with Gasteiger partial charge in [0.25, 0.3) is 0 Å². The summed E-state index contributed by atoms with van der Waals surface area (Å²) in [5.41, 5.74) is 1.41. The Morgan fingerprint density at radius 3 is 2.76 bits per heavy atom. The largest absolute Gasteiger partial charge is 0.380 e. The number of benzene rings is 1. The summed E-state index contributed by atoms with van der Waals surface area (Å²) in [6.45, 7) is 5.31. The Balaban J connectivity index is 1.54. The molecule has 4 atom stereocenters. The average molecular weight is 400 g/mol. The number of fused-ring (bicyclic) bond motifs is 1. The first-order chi connectivity index (χ1) is 9.99. The van der Waals surface area contributed by atoms with Crippen molar-refractivity contribution in [3.05, 3.63) is 35.9 Å². The average Bonchev–Trinajstić information content (AvgIpc) is 2.79. The Morgan fingerprint density at radius 2 is 2.05 bits per heavy atom. The number of hydrogen-bond donors (Lipinski definition) is 2. The van der Waals surface area contributed by atoms with Gasteiger partial charge in [-0.05, 0) is 53.8 Å².